The number of aromatic nitrogens is 1. The highest BCUT2D eigenvalue weighted by Crippen LogP contribution is 2.19. The Bertz CT molecular complexity index is 310. The molecule has 0 aliphatic rings. The molecule has 1 rings (SSSR count). The zero-order valence-electron chi connectivity index (χ0n) is 5.27. The maximum absolute atomic E-state index is 12.0. The molecule has 2 nitrogen and oxygen atoms in total. The zero-order chi connectivity index (χ0) is 8.43. The predicted octanol–water partition coefficient (Wildman–Crippen LogP) is 1.92. The van der Waals surface area contributed by atoms with Gasteiger partial charge in [-0.3, -0.25) is 4.79 Å². The summed E-state index contributed by atoms with van der Waals surface area (Å²) in [5.41, 5.74) is -0.807. The quantitative estimate of drug-likeness (QED) is 0.777. The molecule has 0 aromatic carbocycles. The van der Waals surface area contributed by atoms with Crippen LogP contribution in [0.25, 0.3) is 0 Å². The number of pyridine rings is 1. The van der Waals surface area contributed by atoms with Gasteiger partial charge in [0.1, 0.15) is 0 Å². The number of aromatic amines is 1. The summed E-state index contributed by atoms with van der Waals surface area (Å²) in [6.07, 6.45) is -2.62. The normalized spacial score (nSPS) is 10.5. The fourth-order valence-electron chi connectivity index (χ4n) is 0.632. The molecule has 0 unspecified atom stereocenters. The lowest BCUT2D eigenvalue weighted by atomic mass is 10.4. The van der Waals surface area contributed by atoms with Crippen LogP contribution < -0.4 is 5.56 Å². The van der Waals surface area contributed by atoms with E-state index in [0.29, 0.717) is 3.57 Å². The van der Waals surface area contributed by atoms with E-state index in [0.717, 1.165) is 0 Å². The summed E-state index contributed by atoms with van der Waals surface area (Å²) in [5, 5.41) is 0. The first-order chi connectivity index (χ1) is 5.11. The van der Waals surface area contributed by atoms with E-state index in [1.54, 1.807) is 22.6 Å². The molecular formula is C6H4F2INO. The highest BCUT2D eigenvalue weighted by Gasteiger charge is 2.11. The molecule has 1 aromatic heterocycles. The van der Waals surface area contributed by atoms with Gasteiger partial charge in [-0.2, -0.15) is 0 Å². The molecule has 0 aliphatic carbocycles. The lowest BCUT2D eigenvalue weighted by Crippen LogP contribution is -2.08. The number of hydrogen-bond acceptors (Lipinski definition) is 1. The van der Waals surface area contributed by atoms with Crippen LogP contribution in [-0.2, 0) is 0 Å². The molecule has 0 spiro atoms. The van der Waals surface area contributed by atoms with Gasteiger partial charge in [0.2, 0.25) is 5.56 Å². The van der Waals surface area contributed by atoms with Crippen LogP contribution >= 0.6 is 22.6 Å². The Morgan fingerprint density at radius 2 is 2.09 bits per heavy atom. The summed E-state index contributed by atoms with van der Waals surface area (Å²) in [6, 6.07) is 2.58. The van der Waals surface area contributed by atoms with Crippen molar-refractivity contribution in [1.82, 2.24) is 4.98 Å². The zero-order valence-corrected chi connectivity index (χ0v) is 7.43. The van der Waals surface area contributed by atoms with Crippen LogP contribution in [0.1, 0.15) is 12.1 Å². The second kappa shape index (κ2) is 3.29. The number of halogens is 3. The Morgan fingerprint density at radius 3 is 2.55 bits per heavy atom. The number of hydrogen-bond donors (Lipinski definition) is 1. The van der Waals surface area contributed by atoms with Gasteiger partial charge in [0.25, 0.3) is 6.43 Å². The van der Waals surface area contributed by atoms with E-state index in [2.05, 4.69) is 4.98 Å². The van der Waals surface area contributed by atoms with Gasteiger partial charge in [0, 0.05) is 9.64 Å². The van der Waals surface area contributed by atoms with E-state index >= 15 is 0 Å². The van der Waals surface area contributed by atoms with Crippen molar-refractivity contribution in [2.45, 2.75) is 6.43 Å². The monoisotopic (exact) mass is 271 g/mol. The largest absolute Gasteiger partial charge is 0.320 e. The summed E-state index contributed by atoms with van der Waals surface area (Å²) < 4.78 is 24.4. The average Bonchev–Trinajstić information content (AvgIpc) is 1.94. The van der Waals surface area contributed by atoms with Crippen molar-refractivity contribution >= 4 is 22.6 Å². The van der Waals surface area contributed by atoms with Crippen LogP contribution in [0.2, 0.25) is 0 Å². The molecular weight excluding hydrogens is 267 g/mol. The first-order valence-corrected chi connectivity index (χ1v) is 3.86. The second-order valence-electron chi connectivity index (χ2n) is 1.88. The van der Waals surface area contributed by atoms with Gasteiger partial charge in [-0.15, -0.1) is 0 Å². The first kappa shape index (κ1) is 8.63. The molecule has 0 amide bonds. The van der Waals surface area contributed by atoms with Gasteiger partial charge in [-0.25, -0.2) is 8.78 Å². The van der Waals surface area contributed by atoms with Crippen LogP contribution in [0, 0.1) is 3.57 Å². The van der Waals surface area contributed by atoms with Gasteiger partial charge in [0.15, 0.2) is 0 Å². The van der Waals surface area contributed by atoms with Crippen molar-refractivity contribution in [3.8, 4) is 0 Å². The standard InChI is InChI=1S/C6H4F2INO/c7-6(8)5-3(9)1-2-4(11)10-5/h1-2,6H,(H,10,11). The lowest BCUT2D eigenvalue weighted by Gasteiger charge is -2.00. The van der Waals surface area contributed by atoms with Gasteiger partial charge < -0.3 is 4.98 Å². The second-order valence-corrected chi connectivity index (χ2v) is 3.05. The van der Waals surface area contributed by atoms with Gasteiger partial charge in [-0.05, 0) is 28.7 Å². The van der Waals surface area contributed by atoms with Crippen LogP contribution in [0.15, 0.2) is 16.9 Å². The van der Waals surface area contributed by atoms with Crippen molar-refractivity contribution in [2.75, 3.05) is 0 Å². The minimum absolute atomic E-state index is 0.307. The van der Waals surface area contributed by atoms with Crippen LogP contribution in [0.4, 0.5) is 8.78 Å². The number of nitrogens with one attached hydrogen (secondary N) is 1. The smallest absolute Gasteiger partial charge is 0.279 e. The Labute approximate surface area is 74.8 Å². The van der Waals surface area contributed by atoms with E-state index in [1.165, 1.54) is 12.1 Å². The summed E-state index contributed by atoms with van der Waals surface area (Å²) in [7, 11) is 0. The fraction of sp³-hybridized carbons (Fsp3) is 0.167. The Kier molecular flexibility index (Phi) is 2.58. The molecule has 0 fully saturated rings. The summed E-state index contributed by atoms with van der Waals surface area (Å²) in [5.74, 6) is 0. The number of H-pyrrole nitrogens is 1. The molecule has 0 saturated heterocycles. The van der Waals surface area contributed by atoms with Crippen molar-refractivity contribution in [3.63, 3.8) is 0 Å². The van der Waals surface area contributed by atoms with Gasteiger partial charge in [-0.1, -0.05) is 0 Å². The number of rotatable bonds is 1. The molecule has 0 radical (unpaired) electrons. The third-order valence-corrected chi connectivity index (χ3v) is 2.06. The molecule has 1 N–H and O–H groups in total. The Balaban J connectivity index is 3.23. The minimum Gasteiger partial charge on any atom is -0.320 e. The van der Waals surface area contributed by atoms with Crippen molar-refractivity contribution in [2.24, 2.45) is 0 Å². The summed E-state index contributed by atoms with van der Waals surface area (Å²) in [4.78, 5) is 12.6. The van der Waals surface area contributed by atoms with E-state index in [9.17, 15) is 13.6 Å². The predicted molar refractivity (Wildman–Crippen MR) is 44.7 cm³/mol. The fourth-order valence-corrected chi connectivity index (χ4v) is 1.18. The summed E-state index contributed by atoms with van der Waals surface area (Å²) >= 11 is 1.74. The first-order valence-electron chi connectivity index (χ1n) is 2.78. The molecule has 0 bridgehead atoms. The summed E-state index contributed by atoms with van der Waals surface area (Å²) in [6.45, 7) is 0. The van der Waals surface area contributed by atoms with Crippen molar-refractivity contribution in [3.05, 3.63) is 31.8 Å². The van der Waals surface area contributed by atoms with Crippen LogP contribution in [0.3, 0.4) is 0 Å². The molecule has 1 aromatic rings. The molecule has 1 heterocycles. The minimum atomic E-state index is -2.62. The molecule has 60 valence electrons. The maximum Gasteiger partial charge on any atom is 0.279 e. The van der Waals surface area contributed by atoms with Crippen molar-refractivity contribution in [1.29, 1.82) is 0 Å². The SMILES string of the molecule is O=c1ccc(I)c(C(F)F)[nH]1. The topological polar surface area (TPSA) is 32.9 Å². The van der Waals surface area contributed by atoms with E-state index < -0.39 is 12.0 Å². The van der Waals surface area contributed by atoms with E-state index in [4.69, 9.17) is 0 Å². The van der Waals surface area contributed by atoms with Crippen LogP contribution in [0.5, 0.6) is 0 Å². The average molecular weight is 271 g/mol. The molecule has 5 heteroatoms. The van der Waals surface area contributed by atoms with Gasteiger partial charge >= 0.3 is 0 Å². The third-order valence-electron chi connectivity index (χ3n) is 1.11. The van der Waals surface area contributed by atoms with E-state index in [-0.39, 0.29) is 5.69 Å². The van der Waals surface area contributed by atoms with Gasteiger partial charge in [0.05, 0.1) is 5.69 Å². The Hall–Kier alpha value is -0.460. The van der Waals surface area contributed by atoms with Crippen LogP contribution in [-0.4, -0.2) is 4.98 Å². The number of alkyl halides is 2. The highest BCUT2D eigenvalue weighted by molar-refractivity contribution is 14.1. The third kappa shape index (κ3) is 1.98. The highest BCUT2D eigenvalue weighted by atomic mass is 127. The maximum atomic E-state index is 12.0. The molecule has 11 heavy (non-hydrogen) atoms. The lowest BCUT2D eigenvalue weighted by molar-refractivity contribution is 0.144. The molecule has 0 atom stereocenters. The van der Waals surface area contributed by atoms with Crippen molar-refractivity contribution < 1.29 is 8.78 Å². The van der Waals surface area contributed by atoms with E-state index in [1.807, 2.05) is 0 Å². The molecule has 0 saturated carbocycles. The Morgan fingerprint density at radius 1 is 1.45 bits per heavy atom. The molecule has 0 aliphatic heterocycles.